The molecule has 0 aliphatic rings. The lowest BCUT2D eigenvalue weighted by molar-refractivity contribution is -0.125. The van der Waals surface area contributed by atoms with Crippen molar-refractivity contribution in [1.82, 2.24) is 15.5 Å². The van der Waals surface area contributed by atoms with E-state index in [2.05, 4.69) is 15.5 Å². The van der Waals surface area contributed by atoms with Crippen molar-refractivity contribution < 1.29 is 4.79 Å². The molecule has 2 atom stereocenters. The monoisotopic (exact) mass is 210 g/mol. The molecule has 1 rings (SSSR count). The minimum absolute atomic E-state index is 0.0172. The molecule has 0 fully saturated rings. The Bertz CT molecular complexity index is 296. The number of carbonyl (C=O) groups excluding carboxylic acids is 1. The Morgan fingerprint density at radius 3 is 2.93 bits per heavy atom. The molecule has 0 saturated carbocycles. The third-order valence-corrected chi connectivity index (χ3v) is 2.43. The van der Waals surface area contributed by atoms with Gasteiger partial charge < -0.3 is 11.1 Å². The average Bonchev–Trinajstić information content (AvgIpc) is 2.70. The summed E-state index contributed by atoms with van der Waals surface area (Å²) in [5.74, 6) is -0.00139. The van der Waals surface area contributed by atoms with Crippen molar-refractivity contribution in [2.75, 3.05) is 6.54 Å². The van der Waals surface area contributed by atoms with Crippen molar-refractivity contribution >= 4 is 5.91 Å². The van der Waals surface area contributed by atoms with E-state index in [0.717, 1.165) is 5.56 Å². The smallest absolute Gasteiger partial charge is 0.223 e. The fourth-order valence-electron chi connectivity index (χ4n) is 1.32. The number of hydrogen-bond acceptors (Lipinski definition) is 3. The van der Waals surface area contributed by atoms with Crippen LogP contribution in [0.25, 0.3) is 0 Å². The van der Waals surface area contributed by atoms with Gasteiger partial charge in [0, 0.05) is 17.7 Å². The second-order valence-corrected chi connectivity index (χ2v) is 3.74. The second-order valence-electron chi connectivity index (χ2n) is 3.74. The number of nitrogens with zero attached hydrogens (tertiary/aromatic N) is 1. The standard InChI is InChI=1S/C10H18N4O/c1-7(3-4-11)10(15)14-8(2)9-5-12-13-6-9/h5-8H,3-4,11H2,1-2H3,(H,12,13)(H,14,15). The van der Waals surface area contributed by atoms with Gasteiger partial charge in [-0.2, -0.15) is 5.10 Å². The molecule has 0 aromatic carbocycles. The Kier molecular flexibility index (Phi) is 4.30. The SMILES string of the molecule is CC(CCN)C(=O)NC(C)c1cn[nH]c1. The Morgan fingerprint density at radius 2 is 2.40 bits per heavy atom. The summed E-state index contributed by atoms with van der Waals surface area (Å²) in [4.78, 5) is 11.6. The molecule has 5 heteroatoms. The fourth-order valence-corrected chi connectivity index (χ4v) is 1.32. The third-order valence-electron chi connectivity index (χ3n) is 2.43. The molecule has 15 heavy (non-hydrogen) atoms. The summed E-state index contributed by atoms with van der Waals surface area (Å²) < 4.78 is 0. The lowest BCUT2D eigenvalue weighted by Crippen LogP contribution is -2.32. The minimum atomic E-state index is -0.0376. The first-order chi connectivity index (χ1) is 7.15. The van der Waals surface area contributed by atoms with Gasteiger partial charge in [-0.1, -0.05) is 6.92 Å². The van der Waals surface area contributed by atoms with Crippen molar-refractivity contribution in [1.29, 1.82) is 0 Å². The largest absolute Gasteiger partial charge is 0.349 e. The van der Waals surface area contributed by atoms with Crippen LogP contribution in [0.2, 0.25) is 0 Å². The Hall–Kier alpha value is -1.36. The van der Waals surface area contributed by atoms with Gasteiger partial charge in [0.2, 0.25) is 5.91 Å². The van der Waals surface area contributed by atoms with E-state index in [9.17, 15) is 4.79 Å². The van der Waals surface area contributed by atoms with Crippen molar-refractivity contribution in [2.24, 2.45) is 11.7 Å². The Labute approximate surface area is 89.4 Å². The summed E-state index contributed by atoms with van der Waals surface area (Å²) in [5, 5.41) is 9.46. The number of nitrogens with one attached hydrogen (secondary N) is 2. The zero-order valence-electron chi connectivity index (χ0n) is 9.16. The molecule has 0 spiro atoms. The summed E-state index contributed by atoms with van der Waals surface area (Å²) in [7, 11) is 0. The molecular formula is C10H18N4O. The van der Waals surface area contributed by atoms with E-state index in [-0.39, 0.29) is 17.9 Å². The molecule has 0 saturated heterocycles. The van der Waals surface area contributed by atoms with Crippen LogP contribution in [0, 0.1) is 5.92 Å². The van der Waals surface area contributed by atoms with Gasteiger partial charge in [0.05, 0.1) is 12.2 Å². The van der Waals surface area contributed by atoms with E-state index in [1.165, 1.54) is 0 Å². The fraction of sp³-hybridized carbons (Fsp3) is 0.600. The number of hydrogen-bond donors (Lipinski definition) is 3. The first-order valence-corrected chi connectivity index (χ1v) is 5.14. The van der Waals surface area contributed by atoms with Crippen molar-refractivity contribution in [3.63, 3.8) is 0 Å². The van der Waals surface area contributed by atoms with Crippen molar-refractivity contribution in [3.05, 3.63) is 18.0 Å². The van der Waals surface area contributed by atoms with Gasteiger partial charge in [0.1, 0.15) is 0 Å². The highest BCUT2D eigenvalue weighted by molar-refractivity contribution is 5.78. The van der Waals surface area contributed by atoms with Gasteiger partial charge in [-0.25, -0.2) is 0 Å². The molecule has 1 aromatic heterocycles. The van der Waals surface area contributed by atoms with Crippen LogP contribution in [-0.2, 0) is 4.79 Å². The molecule has 0 aliphatic carbocycles. The van der Waals surface area contributed by atoms with Gasteiger partial charge in [-0.05, 0) is 19.9 Å². The van der Waals surface area contributed by atoms with E-state index in [0.29, 0.717) is 13.0 Å². The van der Waals surface area contributed by atoms with E-state index < -0.39 is 0 Å². The molecule has 0 bridgehead atoms. The molecule has 2 unspecified atom stereocenters. The van der Waals surface area contributed by atoms with Crippen molar-refractivity contribution in [2.45, 2.75) is 26.3 Å². The molecule has 5 nitrogen and oxygen atoms in total. The summed E-state index contributed by atoms with van der Waals surface area (Å²) in [6, 6.07) is -0.0172. The first-order valence-electron chi connectivity index (χ1n) is 5.14. The molecular weight excluding hydrogens is 192 g/mol. The van der Waals surface area contributed by atoms with E-state index >= 15 is 0 Å². The van der Waals surface area contributed by atoms with Crippen LogP contribution in [0.3, 0.4) is 0 Å². The molecule has 84 valence electrons. The van der Waals surface area contributed by atoms with E-state index in [4.69, 9.17) is 5.73 Å². The maximum Gasteiger partial charge on any atom is 0.223 e. The number of carbonyl (C=O) groups is 1. The molecule has 0 radical (unpaired) electrons. The number of aromatic amines is 1. The molecule has 4 N–H and O–H groups in total. The van der Waals surface area contributed by atoms with Crippen molar-refractivity contribution in [3.8, 4) is 0 Å². The topological polar surface area (TPSA) is 83.8 Å². The van der Waals surface area contributed by atoms with Gasteiger partial charge in [0.25, 0.3) is 0 Å². The van der Waals surface area contributed by atoms with Crippen LogP contribution >= 0.6 is 0 Å². The number of amides is 1. The van der Waals surface area contributed by atoms with Crippen LogP contribution in [0.1, 0.15) is 31.9 Å². The average molecular weight is 210 g/mol. The highest BCUT2D eigenvalue weighted by Crippen LogP contribution is 2.10. The maximum atomic E-state index is 11.6. The first kappa shape index (κ1) is 11.7. The van der Waals surface area contributed by atoms with Crippen LogP contribution in [0.5, 0.6) is 0 Å². The maximum absolute atomic E-state index is 11.6. The molecule has 1 amide bonds. The number of H-pyrrole nitrogens is 1. The van der Waals surface area contributed by atoms with Crippen LogP contribution in [0.4, 0.5) is 0 Å². The van der Waals surface area contributed by atoms with Crippen LogP contribution in [0.15, 0.2) is 12.4 Å². The highest BCUT2D eigenvalue weighted by atomic mass is 16.1. The van der Waals surface area contributed by atoms with Gasteiger partial charge in [-0.3, -0.25) is 9.89 Å². The van der Waals surface area contributed by atoms with Gasteiger partial charge >= 0.3 is 0 Å². The molecule has 1 aromatic rings. The predicted octanol–water partition coefficient (Wildman–Crippen LogP) is 0.572. The van der Waals surface area contributed by atoms with Crippen LogP contribution < -0.4 is 11.1 Å². The summed E-state index contributed by atoms with van der Waals surface area (Å²) in [6.07, 6.45) is 4.20. The lowest BCUT2D eigenvalue weighted by atomic mass is 10.1. The number of rotatable bonds is 5. The minimum Gasteiger partial charge on any atom is -0.349 e. The quantitative estimate of drug-likeness (QED) is 0.664. The zero-order valence-corrected chi connectivity index (χ0v) is 9.16. The number of nitrogens with two attached hydrogens (primary N) is 1. The van der Waals surface area contributed by atoms with Crippen LogP contribution in [-0.4, -0.2) is 22.6 Å². The van der Waals surface area contributed by atoms with E-state index in [1.807, 2.05) is 13.8 Å². The lowest BCUT2D eigenvalue weighted by Gasteiger charge is -2.15. The van der Waals surface area contributed by atoms with E-state index in [1.54, 1.807) is 12.4 Å². The highest BCUT2D eigenvalue weighted by Gasteiger charge is 2.15. The Balaban J connectivity index is 2.44. The van der Waals surface area contributed by atoms with Gasteiger partial charge in [-0.15, -0.1) is 0 Å². The Morgan fingerprint density at radius 1 is 1.67 bits per heavy atom. The normalized spacial score (nSPS) is 14.6. The molecule has 1 heterocycles. The predicted molar refractivity (Wildman–Crippen MR) is 58.0 cm³/mol. The van der Waals surface area contributed by atoms with Gasteiger partial charge in [0.15, 0.2) is 0 Å². The summed E-state index contributed by atoms with van der Waals surface area (Å²) in [6.45, 7) is 4.34. The third kappa shape index (κ3) is 3.36. The number of aromatic nitrogens is 2. The summed E-state index contributed by atoms with van der Waals surface area (Å²) >= 11 is 0. The second kappa shape index (κ2) is 5.50. The zero-order chi connectivity index (χ0) is 11.3. The molecule has 0 aliphatic heterocycles. The summed E-state index contributed by atoms with van der Waals surface area (Å²) in [5.41, 5.74) is 6.37.